The van der Waals surface area contributed by atoms with Crippen LogP contribution in [0.4, 0.5) is 0 Å². The molecule has 0 bridgehead atoms. The summed E-state index contributed by atoms with van der Waals surface area (Å²) in [5.41, 5.74) is 20.3. The summed E-state index contributed by atoms with van der Waals surface area (Å²) in [6.45, 7) is 4.65. The zero-order valence-corrected chi connectivity index (χ0v) is 37.2. The first kappa shape index (κ1) is 40.0. The average molecular weight is 857 g/mol. The van der Waals surface area contributed by atoms with E-state index in [9.17, 15) is 0 Å². The van der Waals surface area contributed by atoms with Gasteiger partial charge in [0, 0.05) is 33.1 Å². The minimum Gasteiger partial charge on any atom is -0.248 e. The molecule has 0 amide bonds. The molecule has 0 atom stereocenters. The van der Waals surface area contributed by atoms with Gasteiger partial charge in [0.1, 0.15) is 0 Å². The van der Waals surface area contributed by atoms with E-state index in [2.05, 4.69) is 232 Å². The molecule has 9 aromatic carbocycles. The van der Waals surface area contributed by atoms with Crippen LogP contribution in [0.15, 0.2) is 231 Å². The molecule has 0 saturated carbocycles. The Morgan fingerprint density at radius 2 is 0.701 bits per heavy atom. The van der Waals surface area contributed by atoms with Gasteiger partial charge < -0.3 is 0 Å². The van der Waals surface area contributed by atoms with Gasteiger partial charge in [-0.2, -0.15) is 0 Å². The predicted octanol–water partition coefficient (Wildman–Crippen LogP) is 16.1. The molecule has 0 saturated heterocycles. The van der Waals surface area contributed by atoms with Crippen molar-refractivity contribution >= 4 is 10.9 Å². The summed E-state index contributed by atoms with van der Waals surface area (Å²) in [4.78, 5) is 20.5. The van der Waals surface area contributed by atoms with E-state index >= 15 is 0 Å². The van der Waals surface area contributed by atoms with Crippen LogP contribution >= 0.6 is 0 Å². The summed E-state index contributed by atoms with van der Waals surface area (Å²) in [7, 11) is 0. The lowest BCUT2D eigenvalue weighted by Crippen LogP contribution is -2.14. The van der Waals surface area contributed by atoms with Crippen molar-refractivity contribution in [3.8, 4) is 101 Å². The third-order valence-corrected chi connectivity index (χ3v) is 13.4. The largest absolute Gasteiger partial charge is 0.248 e. The number of fused-ring (bicyclic) bond motifs is 4. The fourth-order valence-corrected chi connectivity index (χ4v) is 9.69. The van der Waals surface area contributed by atoms with Crippen LogP contribution in [0.1, 0.15) is 25.0 Å². The maximum absolute atomic E-state index is 5.17. The van der Waals surface area contributed by atoms with Gasteiger partial charge >= 0.3 is 0 Å². The Hall–Kier alpha value is -8.60. The predicted molar refractivity (Wildman–Crippen MR) is 276 cm³/mol. The first-order chi connectivity index (χ1) is 32.9. The minimum atomic E-state index is -0.0590. The highest BCUT2D eigenvalue weighted by atomic mass is 15.0. The summed E-state index contributed by atoms with van der Waals surface area (Å²) in [6.07, 6.45) is 0. The van der Waals surface area contributed by atoms with Crippen molar-refractivity contribution in [1.29, 1.82) is 0 Å². The SMILES string of the molecule is CC1(C)c2ccccc2-c2ccc(-c3ccc4cc(-c5cccc(-c6cccc(-c7nc(-c8ccc(-c9ccccc9)cc8)nc(-c8ccc(-c9ccccc9)cc8)n7)c6)c5)ccc4n3)cc21. The van der Waals surface area contributed by atoms with Crippen molar-refractivity contribution in [2.45, 2.75) is 19.3 Å². The number of aromatic nitrogens is 4. The molecule has 1 aliphatic carbocycles. The molecule has 2 aromatic heterocycles. The second kappa shape index (κ2) is 16.4. The summed E-state index contributed by atoms with van der Waals surface area (Å²) in [5, 5.41) is 1.11. The van der Waals surface area contributed by atoms with Gasteiger partial charge in [0.05, 0.1) is 11.2 Å². The van der Waals surface area contributed by atoms with E-state index < -0.39 is 0 Å². The van der Waals surface area contributed by atoms with Crippen molar-refractivity contribution in [3.63, 3.8) is 0 Å². The van der Waals surface area contributed by atoms with Crippen LogP contribution in [0.5, 0.6) is 0 Å². The van der Waals surface area contributed by atoms with Crippen LogP contribution in [-0.4, -0.2) is 19.9 Å². The fourth-order valence-electron chi connectivity index (χ4n) is 9.69. The monoisotopic (exact) mass is 856 g/mol. The molecule has 4 nitrogen and oxygen atoms in total. The van der Waals surface area contributed by atoms with Crippen LogP contribution in [0.2, 0.25) is 0 Å². The molecule has 316 valence electrons. The van der Waals surface area contributed by atoms with Crippen LogP contribution in [-0.2, 0) is 5.41 Å². The van der Waals surface area contributed by atoms with Gasteiger partial charge in [0.25, 0.3) is 0 Å². The Kier molecular flexibility index (Phi) is 9.80. The molecular formula is C63H44N4. The van der Waals surface area contributed by atoms with E-state index in [-0.39, 0.29) is 5.41 Å². The molecule has 0 aliphatic heterocycles. The number of nitrogens with zero attached hydrogens (tertiary/aromatic N) is 4. The Morgan fingerprint density at radius 1 is 0.269 bits per heavy atom. The summed E-state index contributed by atoms with van der Waals surface area (Å²) < 4.78 is 0. The summed E-state index contributed by atoms with van der Waals surface area (Å²) in [6, 6.07) is 81.5. The van der Waals surface area contributed by atoms with E-state index in [0.29, 0.717) is 17.5 Å². The molecular weight excluding hydrogens is 813 g/mol. The standard InChI is InChI=1S/C63H44N4/c1-63(2)56-22-10-9-21-54(56)55-34-31-52(40-57(55)63)59-36-33-51-38-50(32-35-58(51)64-59)48-18-11-17-47(37-48)49-19-12-20-53(39-49)62-66-60(45-27-23-43(24-28-45)41-13-5-3-6-14-41)65-61(67-62)46-29-25-44(26-30-46)42-15-7-4-8-16-42/h3-40H,1-2H3. The first-order valence-corrected chi connectivity index (χ1v) is 22.9. The zero-order valence-electron chi connectivity index (χ0n) is 37.2. The molecule has 12 rings (SSSR count). The van der Waals surface area contributed by atoms with Gasteiger partial charge in [0.15, 0.2) is 17.5 Å². The van der Waals surface area contributed by atoms with E-state index in [1.807, 2.05) is 12.1 Å². The quantitative estimate of drug-likeness (QED) is 0.153. The number of benzene rings is 9. The second-order valence-electron chi connectivity index (χ2n) is 17.9. The summed E-state index contributed by atoms with van der Waals surface area (Å²) in [5.74, 6) is 1.87. The molecule has 0 radical (unpaired) electrons. The molecule has 1 aliphatic rings. The number of pyridine rings is 1. The number of hydrogen-bond donors (Lipinski definition) is 0. The number of hydrogen-bond acceptors (Lipinski definition) is 4. The molecule has 0 N–H and O–H groups in total. The topological polar surface area (TPSA) is 51.6 Å². The van der Waals surface area contributed by atoms with Crippen molar-refractivity contribution in [2.24, 2.45) is 0 Å². The Bertz CT molecular complexity index is 3530. The lowest BCUT2D eigenvalue weighted by Gasteiger charge is -2.21. The third kappa shape index (κ3) is 7.49. The van der Waals surface area contributed by atoms with Gasteiger partial charge in [-0.15, -0.1) is 0 Å². The second-order valence-corrected chi connectivity index (χ2v) is 17.9. The maximum Gasteiger partial charge on any atom is 0.164 e. The summed E-state index contributed by atoms with van der Waals surface area (Å²) >= 11 is 0. The van der Waals surface area contributed by atoms with Crippen molar-refractivity contribution in [1.82, 2.24) is 19.9 Å². The van der Waals surface area contributed by atoms with Crippen LogP contribution < -0.4 is 0 Å². The van der Waals surface area contributed by atoms with E-state index in [1.54, 1.807) is 0 Å². The first-order valence-electron chi connectivity index (χ1n) is 22.9. The van der Waals surface area contributed by atoms with Crippen LogP contribution in [0.3, 0.4) is 0 Å². The van der Waals surface area contributed by atoms with Crippen molar-refractivity contribution < 1.29 is 0 Å². The average Bonchev–Trinajstić information content (AvgIpc) is 3.63. The highest BCUT2D eigenvalue weighted by molar-refractivity contribution is 5.89. The van der Waals surface area contributed by atoms with Gasteiger partial charge in [-0.25, -0.2) is 19.9 Å². The molecule has 2 heterocycles. The molecule has 0 fully saturated rings. The molecule has 4 heteroatoms. The third-order valence-electron chi connectivity index (χ3n) is 13.4. The van der Waals surface area contributed by atoms with Gasteiger partial charge in [0.2, 0.25) is 0 Å². The lowest BCUT2D eigenvalue weighted by atomic mass is 9.82. The maximum atomic E-state index is 5.17. The smallest absolute Gasteiger partial charge is 0.164 e. The van der Waals surface area contributed by atoms with Gasteiger partial charge in [-0.1, -0.05) is 208 Å². The van der Waals surface area contributed by atoms with Gasteiger partial charge in [-0.3, -0.25) is 0 Å². The Balaban J connectivity index is 0.857. The van der Waals surface area contributed by atoms with E-state index in [4.69, 9.17) is 19.9 Å². The highest BCUT2D eigenvalue weighted by Gasteiger charge is 2.35. The Labute approximate surface area is 391 Å². The molecule has 67 heavy (non-hydrogen) atoms. The zero-order chi connectivity index (χ0) is 44.9. The normalized spacial score (nSPS) is 12.4. The van der Waals surface area contributed by atoms with Gasteiger partial charge in [-0.05, 0) is 103 Å². The Morgan fingerprint density at radius 3 is 1.31 bits per heavy atom. The lowest BCUT2D eigenvalue weighted by molar-refractivity contribution is 0.660. The van der Waals surface area contributed by atoms with E-state index in [1.165, 1.54) is 33.4 Å². The minimum absolute atomic E-state index is 0.0590. The fraction of sp³-hybridized carbons (Fsp3) is 0.0476. The molecule has 0 unspecified atom stereocenters. The molecule has 11 aromatic rings. The van der Waals surface area contributed by atoms with Crippen LogP contribution in [0.25, 0.3) is 112 Å². The van der Waals surface area contributed by atoms with Crippen molar-refractivity contribution in [2.75, 3.05) is 0 Å². The van der Waals surface area contributed by atoms with Crippen LogP contribution in [0, 0.1) is 0 Å². The number of rotatable bonds is 8. The molecule has 0 spiro atoms. The van der Waals surface area contributed by atoms with E-state index in [0.717, 1.165) is 72.2 Å². The van der Waals surface area contributed by atoms with Crippen molar-refractivity contribution in [3.05, 3.63) is 242 Å². The highest BCUT2D eigenvalue weighted by Crippen LogP contribution is 2.49.